The van der Waals surface area contributed by atoms with Gasteiger partial charge in [0.1, 0.15) is 0 Å². The molecule has 7 atom stereocenters. The molecule has 4 fully saturated rings. The average Bonchev–Trinajstić information content (AvgIpc) is 2.73. The third kappa shape index (κ3) is 1.68. The topological polar surface area (TPSA) is 60.7 Å². The second kappa shape index (κ2) is 4.58. The summed E-state index contributed by atoms with van der Waals surface area (Å²) in [6.07, 6.45) is 7.48. The monoisotopic (exact) mass is 306 g/mol. The van der Waals surface area contributed by atoms with Crippen molar-refractivity contribution in [1.29, 1.82) is 0 Å². The van der Waals surface area contributed by atoms with E-state index in [4.69, 9.17) is 0 Å². The first-order chi connectivity index (χ1) is 10.4. The predicted molar refractivity (Wildman–Crippen MR) is 85.1 cm³/mol. The van der Waals surface area contributed by atoms with E-state index in [0.717, 1.165) is 32.1 Å². The summed E-state index contributed by atoms with van der Waals surface area (Å²) in [7, 11) is 0. The van der Waals surface area contributed by atoms with E-state index >= 15 is 0 Å². The van der Waals surface area contributed by atoms with Crippen molar-refractivity contribution in [3.8, 4) is 0 Å². The SMILES string of the molecule is C=C1C[C@]23C[C@H]1CC[C@H]2[C@]1(C)CCC[C@](O)(CO)[C@H]1C[C@@H]3O. The standard InChI is InChI=1S/C19H30O3/c1-12-9-18-10-13(12)4-5-14(18)17(2)6-3-7-19(22,11-20)15(17)8-16(18)21/h13-16,20-22H,1,3-11H2,2H3/t13-,14+,15+,16+,17+,18+,19+/m1/s1. The van der Waals surface area contributed by atoms with Crippen LogP contribution in [0.1, 0.15) is 58.3 Å². The number of rotatable bonds is 1. The minimum absolute atomic E-state index is 0.00104. The quantitative estimate of drug-likeness (QED) is 0.653. The Bertz CT molecular complexity index is 503. The van der Waals surface area contributed by atoms with Gasteiger partial charge in [0.05, 0.1) is 18.3 Å². The molecule has 0 saturated heterocycles. The fourth-order valence-corrected chi connectivity index (χ4v) is 7.23. The smallest absolute Gasteiger partial charge is 0.0911 e. The normalized spacial score (nSPS) is 57.4. The summed E-state index contributed by atoms with van der Waals surface area (Å²) >= 11 is 0. The highest BCUT2D eigenvalue weighted by molar-refractivity contribution is 5.24. The summed E-state index contributed by atoms with van der Waals surface area (Å²) in [4.78, 5) is 0. The molecule has 3 heteroatoms. The first-order valence-electron chi connectivity index (χ1n) is 9.05. The van der Waals surface area contributed by atoms with Crippen molar-refractivity contribution in [2.45, 2.75) is 70.0 Å². The van der Waals surface area contributed by atoms with E-state index in [0.29, 0.717) is 24.7 Å². The Morgan fingerprint density at radius 1 is 1.23 bits per heavy atom. The van der Waals surface area contributed by atoms with Crippen molar-refractivity contribution in [3.63, 3.8) is 0 Å². The average molecular weight is 306 g/mol. The minimum atomic E-state index is -0.998. The van der Waals surface area contributed by atoms with Gasteiger partial charge in [0.2, 0.25) is 0 Å². The van der Waals surface area contributed by atoms with Crippen LogP contribution in [-0.2, 0) is 0 Å². The molecule has 2 bridgehead atoms. The second-order valence-electron chi connectivity index (χ2n) is 9.02. The maximum Gasteiger partial charge on any atom is 0.0911 e. The lowest BCUT2D eigenvalue weighted by Gasteiger charge is -2.64. The number of aliphatic hydroxyl groups excluding tert-OH is 2. The largest absolute Gasteiger partial charge is 0.393 e. The van der Waals surface area contributed by atoms with E-state index in [1.54, 1.807) is 0 Å². The molecular formula is C19H30O3. The molecule has 4 aliphatic carbocycles. The second-order valence-corrected chi connectivity index (χ2v) is 9.02. The molecule has 0 aromatic heterocycles. The van der Waals surface area contributed by atoms with Gasteiger partial charge in [-0.3, -0.25) is 0 Å². The molecule has 0 aromatic rings. The predicted octanol–water partition coefficient (Wildman–Crippen LogP) is 2.64. The molecule has 3 N–H and O–H groups in total. The molecule has 4 rings (SSSR count). The Morgan fingerprint density at radius 2 is 2.00 bits per heavy atom. The molecule has 4 aliphatic rings. The highest BCUT2D eigenvalue weighted by atomic mass is 16.3. The fourth-order valence-electron chi connectivity index (χ4n) is 7.23. The molecule has 0 heterocycles. The van der Waals surface area contributed by atoms with Gasteiger partial charge in [0, 0.05) is 5.41 Å². The van der Waals surface area contributed by atoms with Crippen LogP contribution in [-0.4, -0.2) is 33.6 Å². The zero-order chi connectivity index (χ0) is 15.8. The molecule has 0 unspecified atom stereocenters. The van der Waals surface area contributed by atoms with Gasteiger partial charge in [-0.25, -0.2) is 0 Å². The molecule has 124 valence electrons. The minimum Gasteiger partial charge on any atom is -0.393 e. The van der Waals surface area contributed by atoms with Crippen LogP contribution in [0, 0.1) is 28.6 Å². The van der Waals surface area contributed by atoms with Crippen LogP contribution in [0.5, 0.6) is 0 Å². The highest BCUT2D eigenvalue weighted by Crippen LogP contribution is 2.70. The molecule has 1 spiro atoms. The van der Waals surface area contributed by atoms with E-state index in [2.05, 4.69) is 13.5 Å². The number of hydrogen-bond donors (Lipinski definition) is 3. The Labute approximate surface area is 133 Å². The fraction of sp³-hybridized carbons (Fsp3) is 0.895. The zero-order valence-corrected chi connectivity index (χ0v) is 13.7. The summed E-state index contributed by atoms with van der Waals surface area (Å²) in [5, 5.41) is 31.8. The molecule has 0 aliphatic heterocycles. The first-order valence-corrected chi connectivity index (χ1v) is 9.05. The number of allylic oxidation sites excluding steroid dienone is 1. The summed E-state index contributed by atoms with van der Waals surface area (Å²) in [6.45, 7) is 6.45. The molecule has 4 saturated carbocycles. The lowest BCUT2D eigenvalue weighted by atomic mass is 9.42. The number of aliphatic hydroxyl groups is 3. The third-order valence-electron chi connectivity index (χ3n) is 8.22. The summed E-state index contributed by atoms with van der Waals surface area (Å²) in [5.74, 6) is 1.09. The van der Waals surface area contributed by atoms with Crippen LogP contribution < -0.4 is 0 Å². The van der Waals surface area contributed by atoms with Crippen molar-refractivity contribution in [3.05, 3.63) is 12.2 Å². The third-order valence-corrected chi connectivity index (χ3v) is 8.22. The summed E-state index contributed by atoms with van der Waals surface area (Å²) < 4.78 is 0. The Balaban J connectivity index is 1.78. The van der Waals surface area contributed by atoms with Crippen molar-refractivity contribution < 1.29 is 15.3 Å². The molecule has 22 heavy (non-hydrogen) atoms. The summed E-state index contributed by atoms with van der Waals surface area (Å²) in [5.41, 5.74) is 0.391. The van der Waals surface area contributed by atoms with Crippen LogP contribution in [0.2, 0.25) is 0 Å². The number of hydrogen-bond acceptors (Lipinski definition) is 3. The molecular weight excluding hydrogens is 276 g/mol. The van der Waals surface area contributed by atoms with Gasteiger partial charge in [0.25, 0.3) is 0 Å². The first kappa shape index (κ1) is 15.2. The van der Waals surface area contributed by atoms with Crippen molar-refractivity contribution >= 4 is 0 Å². The maximum atomic E-state index is 11.0. The van der Waals surface area contributed by atoms with Crippen molar-refractivity contribution in [2.75, 3.05) is 6.61 Å². The highest BCUT2D eigenvalue weighted by Gasteiger charge is 2.67. The lowest BCUT2D eigenvalue weighted by Crippen LogP contribution is -2.64. The van der Waals surface area contributed by atoms with Crippen LogP contribution in [0.3, 0.4) is 0 Å². The van der Waals surface area contributed by atoms with Gasteiger partial charge in [-0.1, -0.05) is 19.1 Å². The molecule has 0 amide bonds. The lowest BCUT2D eigenvalue weighted by molar-refractivity contribution is -0.231. The maximum absolute atomic E-state index is 11.0. The van der Waals surface area contributed by atoms with E-state index in [-0.39, 0.29) is 29.5 Å². The zero-order valence-electron chi connectivity index (χ0n) is 13.7. The molecule has 3 nitrogen and oxygen atoms in total. The van der Waals surface area contributed by atoms with Crippen LogP contribution in [0.15, 0.2) is 12.2 Å². The molecule has 0 aromatic carbocycles. The Morgan fingerprint density at radius 3 is 2.73 bits per heavy atom. The van der Waals surface area contributed by atoms with Crippen molar-refractivity contribution in [1.82, 2.24) is 0 Å². The Hall–Kier alpha value is -0.380. The van der Waals surface area contributed by atoms with Gasteiger partial charge < -0.3 is 15.3 Å². The van der Waals surface area contributed by atoms with E-state index < -0.39 is 5.60 Å². The van der Waals surface area contributed by atoms with Gasteiger partial charge in [0.15, 0.2) is 0 Å². The van der Waals surface area contributed by atoms with Gasteiger partial charge in [-0.15, -0.1) is 0 Å². The van der Waals surface area contributed by atoms with Gasteiger partial charge in [-0.2, -0.15) is 0 Å². The van der Waals surface area contributed by atoms with E-state index in [9.17, 15) is 15.3 Å². The van der Waals surface area contributed by atoms with Crippen LogP contribution in [0.4, 0.5) is 0 Å². The van der Waals surface area contributed by atoms with Gasteiger partial charge in [-0.05, 0) is 74.5 Å². The Kier molecular flexibility index (Phi) is 3.16. The van der Waals surface area contributed by atoms with Crippen LogP contribution >= 0.6 is 0 Å². The van der Waals surface area contributed by atoms with E-state index in [1.807, 2.05) is 0 Å². The molecule has 0 radical (unpaired) electrons. The van der Waals surface area contributed by atoms with Gasteiger partial charge >= 0.3 is 0 Å². The van der Waals surface area contributed by atoms with Crippen LogP contribution in [0.25, 0.3) is 0 Å². The van der Waals surface area contributed by atoms with Crippen molar-refractivity contribution in [2.24, 2.45) is 28.6 Å². The van der Waals surface area contributed by atoms with E-state index in [1.165, 1.54) is 12.0 Å². The summed E-state index contributed by atoms with van der Waals surface area (Å²) in [6, 6.07) is 0. The number of fused-ring (bicyclic) bond motifs is 3.